The van der Waals surface area contributed by atoms with Gasteiger partial charge in [0.1, 0.15) is 24.4 Å². The summed E-state index contributed by atoms with van der Waals surface area (Å²) in [6, 6.07) is 13.0. The van der Waals surface area contributed by atoms with Crippen LogP contribution in [0.25, 0.3) is 0 Å². The molecule has 1 aliphatic heterocycles. The van der Waals surface area contributed by atoms with Crippen molar-refractivity contribution in [2.75, 3.05) is 6.61 Å². The Kier molecular flexibility index (Phi) is 19.0. The van der Waals surface area contributed by atoms with Gasteiger partial charge in [0.2, 0.25) is 6.29 Å². The van der Waals surface area contributed by atoms with Crippen LogP contribution in [-0.4, -0.2) is 70.6 Å². The lowest BCUT2D eigenvalue weighted by atomic mass is 9.99. The molecule has 0 unspecified atom stereocenters. The van der Waals surface area contributed by atoms with Crippen molar-refractivity contribution >= 4 is 33.3 Å². The molecule has 43 heavy (non-hydrogen) atoms. The second-order valence-corrected chi connectivity index (χ2v) is 31.6. The second kappa shape index (κ2) is 19.8. The molecule has 0 bridgehead atoms. The predicted octanol–water partition coefficient (Wildman–Crippen LogP) is 10.5. The summed E-state index contributed by atoms with van der Waals surface area (Å²) in [5.74, 6) is 0. The third-order valence-corrected chi connectivity index (χ3v) is 29.9. The van der Waals surface area contributed by atoms with Gasteiger partial charge in [-0.25, -0.2) is 0 Å². The first kappa shape index (κ1) is 41.2. The Morgan fingerprint density at radius 2 is 0.837 bits per heavy atom. The largest absolute Gasteiger partial charge is 0.470 e. The lowest BCUT2D eigenvalue weighted by Crippen LogP contribution is -2.67. The van der Waals surface area contributed by atoms with Crippen LogP contribution in [0.1, 0.15) is 90.0 Å². The Morgan fingerprint density at radius 1 is 0.488 bits per heavy atom. The highest BCUT2D eigenvalue weighted by molar-refractivity contribution is 6.75. The molecule has 0 aromatic rings. The van der Waals surface area contributed by atoms with Crippen molar-refractivity contribution in [3.8, 4) is 0 Å². The molecule has 0 saturated carbocycles. The molecule has 256 valence electrons. The van der Waals surface area contributed by atoms with Crippen LogP contribution < -0.4 is 0 Å². The summed E-state index contributed by atoms with van der Waals surface area (Å²) in [5, 5.41) is 0. The number of rotatable bonds is 23. The summed E-state index contributed by atoms with van der Waals surface area (Å²) < 4.78 is 42.8. The quantitative estimate of drug-likeness (QED) is 0.0793. The van der Waals surface area contributed by atoms with Gasteiger partial charge in [-0.3, -0.25) is 0 Å². The van der Waals surface area contributed by atoms with E-state index in [1.807, 2.05) is 13.0 Å². The first-order valence-electron chi connectivity index (χ1n) is 18.1. The van der Waals surface area contributed by atoms with Crippen LogP contribution in [0.4, 0.5) is 0 Å². The molecule has 0 aromatic carbocycles. The van der Waals surface area contributed by atoms with Crippen molar-refractivity contribution in [3.05, 3.63) is 12.3 Å². The van der Waals surface area contributed by atoms with E-state index in [0.717, 1.165) is 72.5 Å². The summed E-state index contributed by atoms with van der Waals surface area (Å²) in [5.41, 5.74) is 0. The maximum Gasteiger partial charge on any atom is 0.227 e. The van der Waals surface area contributed by atoms with E-state index in [0.29, 0.717) is 6.61 Å². The molecule has 1 rings (SSSR count). The zero-order valence-corrected chi connectivity index (χ0v) is 34.7. The lowest BCUT2D eigenvalue weighted by Gasteiger charge is -2.52. The number of ether oxygens (including phenoxy) is 2. The van der Waals surface area contributed by atoms with E-state index in [1.165, 1.54) is 0 Å². The van der Waals surface area contributed by atoms with Crippen LogP contribution in [0.5, 0.6) is 0 Å². The van der Waals surface area contributed by atoms with Gasteiger partial charge < -0.3 is 27.2 Å². The highest BCUT2D eigenvalue weighted by atomic mass is 28.4. The lowest BCUT2D eigenvalue weighted by molar-refractivity contribution is -0.277. The molecule has 1 fully saturated rings. The molecule has 1 saturated heterocycles. The van der Waals surface area contributed by atoms with Gasteiger partial charge in [0, 0.05) is 0 Å². The summed E-state index contributed by atoms with van der Waals surface area (Å²) in [6.45, 7) is 30.1. The van der Waals surface area contributed by atoms with Gasteiger partial charge in [0.05, 0.1) is 12.9 Å². The van der Waals surface area contributed by atoms with E-state index in [-0.39, 0.29) is 24.4 Å². The molecule has 0 N–H and O–H groups in total. The van der Waals surface area contributed by atoms with Gasteiger partial charge in [-0.05, 0) is 79.5 Å². The maximum absolute atomic E-state index is 7.57. The minimum atomic E-state index is -2.06. The third kappa shape index (κ3) is 10.3. The molecule has 6 nitrogen and oxygen atoms in total. The average molecular weight is 677 g/mol. The fraction of sp³-hybridized carbons (Fsp3) is 0.939. The van der Waals surface area contributed by atoms with Crippen LogP contribution in [0, 0.1) is 0 Å². The maximum atomic E-state index is 7.57. The number of hydrogen-bond donors (Lipinski definition) is 0. The molecule has 10 heteroatoms. The Hall–Kier alpha value is 0.208. The standard InChI is InChI=1S/C33H72O6Si4/c1-14-27-34-33-32(39-43(24-11,25-12)26-13)31(38-42(21-8,22-9)23-10)30(37-41(18-5,19-6)20-7)29(36-33)28-35-40(15-2,16-3)17-4/h14,27,29-33H,15-26,28H2,1-13H3/t29-,30-,31+,32-,33+/m1/s1. The number of hydrogen-bond acceptors (Lipinski definition) is 6. The molecular formula is C33H72O6Si4. The molecular weight excluding hydrogens is 605 g/mol. The van der Waals surface area contributed by atoms with Crippen molar-refractivity contribution in [2.45, 2.75) is 193 Å². The minimum Gasteiger partial charge on any atom is -0.470 e. The number of allylic oxidation sites excluding steroid dienone is 1. The molecule has 0 spiro atoms. The molecule has 0 amide bonds. The topological polar surface area (TPSA) is 55.4 Å². The first-order valence-corrected chi connectivity index (χ1v) is 28.3. The van der Waals surface area contributed by atoms with Crippen molar-refractivity contribution in [2.24, 2.45) is 0 Å². The predicted molar refractivity (Wildman–Crippen MR) is 194 cm³/mol. The SMILES string of the molecule is CC=CO[C@H]1O[C@H](CO[Si](CC)(CC)CC)[C@@H](O[Si](CC)(CC)CC)[C@H](O[Si](CC)(CC)CC)[C@H]1O[Si](CC)(CC)CC. The van der Waals surface area contributed by atoms with Crippen LogP contribution in [-0.2, 0) is 27.2 Å². The molecule has 1 heterocycles. The monoisotopic (exact) mass is 676 g/mol. The van der Waals surface area contributed by atoms with E-state index < -0.39 is 39.6 Å². The van der Waals surface area contributed by atoms with Crippen molar-refractivity contribution < 1.29 is 27.2 Å². The van der Waals surface area contributed by atoms with Crippen LogP contribution in [0.3, 0.4) is 0 Å². The van der Waals surface area contributed by atoms with Gasteiger partial charge >= 0.3 is 0 Å². The Bertz CT molecular complexity index is 735. The van der Waals surface area contributed by atoms with Crippen LogP contribution in [0.15, 0.2) is 12.3 Å². The minimum absolute atomic E-state index is 0.243. The first-order chi connectivity index (χ1) is 20.5. The van der Waals surface area contributed by atoms with Gasteiger partial charge in [0.25, 0.3) is 0 Å². The smallest absolute Gasteiger partial charge is 0.227 e. The van der Waals surface area contributed by atoms with Crippen LogP contribution >= 0.6 is 0 Å². The molecule has 5 atom stereocenters. The highest BCUT2D eigenvalue weighted by Gasteiger charge is 2.55. The molecule has 0 radical (unpaired) electrons. The van der Waals surface area contributed by atoms with Gasteiger partial charge in [0.15, 0.2) is 33.3 Å². The van der Waals surface area contributed by atoms with Crippen molar-refractivity contribution in [1.82, 2.24) is 0 Å². The molecule has 1 aliphatic rings. The summed E-state index contributed by atoms with van der Waals surface area (Å²) in [7, 11) is -8.02. The highest BCUT2D eigenvalue weighted by Crippen LogP contribution is 2.40. The Morgan fingerprint density at radius 3 is 1.19 bits per heavy atom. The average Bonchev–Trinajstić information content (AvgIpc) is 3.06. The fourth-order valence-electron chi connectivity index (χ4n) is 6.86. The fourth-order valence-corrected chi connectivity index (χ4v) is 18.0. The second-order valence-electron chi connectivity index (χ2n) is 12.7. The van der Waals surface area contributed by atoms with Gasteiger partial charge in [-0.2, -0.15) is 0 Å². The van der Waals surface area contributed by atoms with Crippen molar-refractivity contribution in [1.29, 1.82) is 0 Å². The Labute approximate surface area is 271 Å². The van der Waals surface area contributed by atoms with E-state index in [9.17, 15) is 0 Å². The normalized spacial score (nSPS) is 24.2. The van der Waals surface area contributed by atoms with Crippen LogP contribution in [0.2, 0.25) is 72.5 Å². The summed E-state index contributed by atoms with van der Waals surface area (Å²) >= 11 is 0. The van der Waals surface area contributed by atoms with Gasteiger partial charge in [-0.1, -0.05) is 89.2 Å². The van der Waals surface area contributed by atoms with E-state index in [2.05, 4.69) is 83.1 Å². The zero-order chi connectivity index (χ0) is 32.7. The van der Waals surface area contributed by atoms with E-state index >= 15 is 0 Å². The summed E-state index contributed by atoms with van der Waals surface area (Å²) in [4.78, 5) is 0. The van der Waals surface area contributed by atoms with Gasteiger partial charge in [-0.15, -0.1) is 0 Å². The molecule has 0 aromatic heterocycles. The third-order valence-electron chi connectivity index (χ3n) is 11.4. The van der Waals surface area contributed by atoms with E-state index in [1.54, 1.807) is 6.26 Å². The zero-order valence-electron chi connectivity index (χ0n) is 30.7. The van der Waals surface area contributed by atoms with E-state index in [4.69, 9.17) is 27.2 Å². The Balaban J connectivity index is 3.93. The molecule has 0 aliphatic carbocycles. The van der Waals surface area contributed by atoms with Crippen molar-refractivity contribution in [3.63, 3.8) is 0 Å². The summed E-state index contributed by atoms with van der Waals surface area (Å²) in [6.07, 6.45) is 2.02.